The third-order valence-corrected chi connectivity index (χ3v) is 5.95. The molecule has 0 atom stereocenters. The van der Waals surface area contributed by atoms with Crippen molar-refractivity contribution in [2.24, 2.45) is 0 Å². The fourth-order valence-corrected chi connectivity index (χ4v) is 4.08. The first-order valence-electron chi connectivity index (χ1n) is 10.4. The van der Waals surface area contributed by atoms with Gasteiger partial charge in [-0.2, -0.15) is 0 Å². The molecule has 4 rings (SSSR count). The highest BCUT2D eigenvalue weighted by molar-refractivity contribution is 6.35. The Labute approximate surface area is 196 Å². The van der Waals surface area contributed by atoms with E-state index in [1.807, 2.05) is 42.5 Å². The second-order valence-corrected chi connectivity index (χ2v) is 8.15. The summed E-state index contributed by atoms with van der Waals surface area (Å²) in [7, 11) is 0. The molecule has 3 aromatic carbocycles. The first-order valence-corrected chi connectivity index (χ1v) is 11.2. The molecule has 0 bridgehead atoms. The first-order chi connectivity index (χ1) is 15.5. The van der Waals surface area contributed by atoms with Gasteiger partial charge >= 0.3 is 0 Å². The lowest BCUT2D eigenvalue weighted by Gasteiger charge is -2.23. The zero-order valence-electron chi connectivity index (χ0n) is 17.9. The molecule has 32 heavy (non-hydrogen) atoms. The zero-order valence-corrected chi connectivity index (χ0v) is 19.4. The summed E-state index contributed by atoms with van der Waals surface area (Å²) >= 11 is 12.3. The summed E-state index contributed by atoms with van der Waals surface area (Å²) in [6.45, 7) is 6.19. The topological polar surface area (TPSA) is 58.2 Å². The molecule has 1 aromatic heterocycles. The highest BCUT2D eigenvalue weighted by atomic mass is 35.5. The van der Waals surface area contributed by atoms with Gasteiger partial charge in [0.05, 0.1) is 16.5 Å². The van der Waals surface area contributed by atoms with Crippen LogP contribution in [-0.4, -0.2) is 23.1 Å². The molecule has 4 aromatic rings. The van der Waals surface area contributed by atoms with Gasteiger partial charge in [-0.3, -0.25) is 4.79 Å². The van der Waals surface area contributed by atoms with Crippen LogP contribution in [0.5, 0.6) is 5.75 Å². The van der Waals surface area contributed by atoms with Gasteiger partial charge in [0, 0.05) is 40.5 Å². The Balaban J connectivity index is 1.78. The zero-order chi connectivity index (χ0) is 22.7. The Hall–Kier alpha value is -3.02. The minimum Gasteiger partial charge on any atom is -0.488 e. The number of nitrogens with zero attached hydrogens (tertiary/aromatic N) is 2. The number of hydrogen-bond acceptors (Lipinski definition) is 4. The van der Waals surface area contributed by atoms with Crippen molar-refractivity contribution < 1.29 is 4.74 Å². The Morgan fingerprint density at radius 1 is 1.00 bits per heavy atom. The number of rotatable bonds is 7. The molecule has 5 nitrogen and oxygen atoms in total. The second kappa shape index (κ2) is 9.63. The lowest BCUT2D eigenvalue weighted by Crippen LogP contribution is -2.21. The predicted octanol–water partition coefficient (Wildman–Crippen LogP) is 6.32. The predicted molar refractivity (Wildman–Crippen MR) is 132 cm³/mol. The number of anilines is 1. The SMILES string of the molecule is CCN(CC)c1ccc(-c2nc3ccccc3c(=O)[nH]2)c(OCc2ccc(Cl)cc2Cl)c1. The molecular weight excluding hydrogens is 445 g/mol. The number of para-hydroxylation sites is 1. The van der Waals surface area contributed by atoms with Gasteiger partial charge in [-0.1, -0.05) is 41.4 Å². The fourth-order valence-electron chi connectivity index (χ4n) is 3.62. The minimum absolute atomic E-state index is 0.190. The summed E-state index contributed by atoms with van der Waals surface area (Å²) in [6.07, 6.45) is 0. The monoisotopic (exact) mass is 467 g/mol. The van der Waals surface area contributed by atoms with Crippen LogP contribution < -0.4 is 15.2 Å². The van der Waals surface area contributed by atoms with E-state index >= 15 is 0 Å². The van der Waals surface area contributed by atoms with E-state index in [2.05, 4.69) is 28.7 Å². The van der Waals surface area contributed by atoms with Crippen LogP contribution in [0.15, 0.2) is 65.5 Å². The highest BCUT2D eigenvalue weighted by Gasteiger charge is 2.15. The van der Waals surface area contributed by atoms with Gasteiger partial charge in [0.2, 0.25) is 0 Å². The molecule has 0 unspecified atom stereocenters. The van der Waals surface area contributed by atoms with Crippen molar-refractivity contribution in [3.63, 3.8) is 0 Å². The van der Waals surface area contributed by atoms with Crippen molar-refractivity contribution in [3.05, 3.63) is 86.6 Å². The fraction of sp³-hybridized carbons (Fsp3) is 0.200. The number of aromatic amines is 1. The Bertz CT molecular complexity index is 1320. The number of hydrogen-bond donors (Lipinski definition) is 1. The summed E-state index contributed by atoms with van der Waals surface area (Å²) in [5.74, 6) is 1.07. The third kappa shape index (κ3) is 4.59. The molecule has 0 aliphatic rings. The second-order valence-electron chi connectivity index (χ2n) is 7.31. The van der Waals surface area contributed by atoms with Gasteiger partial charge in [-0.05, 0) is 50.2 Å². The number of fused-ring (bicyclic) bond motifs is 1. The summed E-state index contributed by atoms with van der Waals surface area (Å²) in [6, 6.07) is 18.5. The maximum Gasteiger partial charge on any atom is 0.259 e. The molecular formula is C25H23Cl2N3O2. The van der Waals surface area contributed by atoms with Crippen LogP contribution in [-0.2, 0) is 6.61 Å². The van der Waals surface area contributed by atoms with Crippen LogP contribution in [0.2, 0.25) is 10.0 Å². The minimum atomic E-state index is -0.190. The van der Waals surface area contributed by atoms with Crippen molar-refractivity contribution in [1.82, 2.24) is 9.97 Å². The molecule has 0 saturated heterocycles. The molecule has 0 spiro atoms. The smallest absolute Gasteiger partial charge is 0.259 e. The molecule has 0 amide bonds. The van der Waals surface area contributed by atoms with Crippen molar-refractivity contribution >= 4 is 39.8 Å². The Morgan fingerprint density at radius 3 is 2.53 bits per heavy atom. The van der Waals surface area contributed by atoms with Gasteiger partial charge in [-0.25, -0.2) is 4.98 Å². The molecule has 164 valence electrons. The van der Waals surface area contributed by atoms with E-state index in [1.165, 1.54) is 0 Å². The van der Waals surface area contributed by atoms with Crippen molar-refractivity contribution in [2.75, 3.05) is 18.0 Å². The number of benzene rings is 3. The summed E-state index contributed by atoms with van der Waals surface area (Å²) < 4.78 is 6.21. The van der Waals surface area contributed by atoms with Crippen molar-refractivity contribution in [3.8, 4) is 17.1 Å². The van der Waals surface area contributed by atoms with E-state index in [0.29, 0.717) is 38.1 Å². The average Bonchev–Trinajstić information content (AvgIpc) is 2.79. The standard InChI is InChI=1S/C25H23Cl2N3O2/c1-3-30(4-2)18-11-12-20(24-28-22-8-6-5-7-19(22)25(31)29-24)23(14-18)32-15-16-9-10-17(26)13-21(16)27/h5-14H,3-4,15H2,1-2H3,(H,28,29,31). The first kappa shape index (κ1) is 22.2. The molecule has 7 heteroatoms. The van der Waals surface area contributed by atoms with Gasteiger partial charge in [-0.15, -0.1) is 0 Å². The third-order valence-electron chi connectivity index (χ3n) is 5.36. The Kier molecular flexibility index (Phi) is 6.68. The van der Waals surface area contributed by atoms with Crippen LogP contribution in [0.4, 0.5) is 5.69 Å². The Morgan fingerprint density at radius 2 is 1.78 bits per heavy atom. The van der Waals surface area contributed by atoms with Crippen molar-refractivity contribution in [1.29, 1.82) is 0 Å². The van der Waals surface area contributed by atoms with Gasteiger partial charge in [0.25, 0.3) is 5.56 Å². The average molecular weight is 468 g/mol. The number of nitrogens with one attached hydrogen (secondary N) is 1. The van der Waals surface area contributed by atoms with Gasteiger partial charge in [0.1, 0.15) is 18.2 Å². The van der Waals surface area contributed by atoms with Crippen molar-refractivity contribution in [2.45, 2.75) is 20.5 Å². The van der Waals surface area contributed by atoms with Crippen LogP contribution >= 0.6 is 23.2 Å². The van der Waals surface area contributed by atoms with Gasteiger partial charge in [0.15, 0.2) is 0 Å². The van der Waals surface area contributed by atoms with Crippen LogP contribution in [0.25, 0.3) is 22.3 Å². The quantitative estimate of drug-likeness (QED) is 0.345. The van der Waals surface area contributed by atoms with Crippen LogP contribution in [0, 0.1) is 0 Å². The van der Waals surface area contributed by atoms with Gasteiger partial charge < -0.3 is 14.6 Å². The molecule has 1 heterocycles. The lowest BCUT2D eigenvalue weighted by molar-refractivity contribution is 0.307. The highest BCUT2D eigenvalue weighted by Crippen LogP contribution is 2.33. The van der Waals surface area contributed by atoms with E-state index in [9.17, 15) is 4.79 Å². The largest absolute Gasteiger partial charge is 0.488 e. The number of ether oxygens (including phenoxy) is 1. The van der Waals surface area contributed by atoms with Crippen LogP contribution in [0.1, 0.15) is 19.4 Å². The summed E-state index contributed by atoms with van der Waals surface area (Å²) in [5.41, 5.74) is 2.99. The van der Waals surface area contributed by atoms with Crippen LogP contribution in [0.3, 0.4) is 0 Å². The van der Waals surface area contributed by atoms with E-state index in [0.717, 1.165) is 24.3 Å². The maximum absolute atomic E-state index is 12.6. The summed E-state index contributed by atoms with van der Waals surface area (Å²) in [4.78, 5) is 22.4. The molecule has 0 saturated carbocycles. The van der Waals surface area contributed by atoms with E-state index < -0.39 is 0 Å². The van der Waals surface area contributed by atoms with E-state index in [1.54, 1.807) is 18.2 Å². The molecule has 1 N–H and O–H groups in total. The number of H-pyrrole nitrogens is 1. The lowest BCUT2D eigenvalue weighted by atomic mass is 10.1. The normalized spacial score (nSPS) is 11.0. The summed E-state index contributed by atoms with van der Waals surface area (Å²) in [5, 5.41) is 1.66. The molecule has 0 radical (unpaired) electrons. The molecule has 0 aliphatic heterocycles. The van der Waals surface area contributed by atoms with E-state index in [-0.39, 0.29) is 12.2 Å². The maximum atomic E-state index is 12.6. The molecule has 0 aliphatic carbocycles. The molecule has 0 fully saturated rings. The number of aromatic nitrogens is 2. The number of halogens is 2. The van der Waals surface area contributed by atoms with E-state index in [4.69, 9.17) is 27.9 Å².